The summed E-state index contributed by atoms with van der Waals surface area (Å²) in [7, 11) is 0. The van der Waals surface area contributed by atoms with Crippen LogP contribution in [0.15, 0.2) is 32.1 Å². The van der Waals surface area contributed by atoms with Crippen molar-refractivity contribution in [3.63, 3.8) is 0 Å². The summed E-state index contributed by atoms with van der Waals surface area (Å²) >= 11 is 0. The Labute approximate surface area is 127 Å². The first-order valence-corrected chi connectivity index (χ1v) is 6.32. The van der Waals surface area contributed by atoms with Gasteiger partial charge in [-0.05, 0) is 11.1 Å². The molecule has 0 spiro atoms. The van der Waals surface area contributed by atoms with Crippen molar-refractivity contribution < 1.29 is 14.9 Å². The lowest BCUT2D eigenvalue weighted by Crippen LogP contribution is -2.48. The van der Waals surface area contributed by atoms with Crippen LogP contribution in [-0.2, 0) is 4.74 Å². The molecule has 1 aromatic heterocycles. The van der Waals surface area contributed by atoms with E-state index in [-0.39, 0.29) is 0 Å². The molecule has 3 atom stereocenters. The molecule has 0 radical (unpaired) electrons. The third-order valence-electron chi connectivity index (χ3n) is 3.44. The van der Waals surface area contributed by atoms with E-state index in [9.17, 15) is 19.8 Å². The Morgan fingerprint density at radius 1 is 1.30 bits per heavy atom. The van der Waals surface area contributed by atoms with Crippen LogP contribution in [0.2, 0.25) is 0 Å². The molecule has 13 heteroatoms. The number of rotatable bonds is 5. The van der Waals surface area contributed by atoms with Crippen molar-refractivity contribution in [3.05, 3.63) is 54.0 Å². The van der Waals surface area contributed by atoms with Gasteiger partial charge in [-0.15, -0.1) is 0 Å². The minimum absolute atomic E-state index is 0.435. The Kier molecular flexibility index (Phi) is 4.69. The van der Waals surface area contributed by atoms with E-state index in [0.717, 1.165) is 16.8 Å². The number of azide groups is 2. The summed E-state index contributed by atoms with van der Waals surface area (Å²) in [6.07, 6.45) is -3.46. The molecule has 0 bridgehead atoms. The zero-order valence-corrected chi connectivity index (χ0v) is 11.6. The summed E-state index contributed by atoms with van der Waals surface area (Å²) in [5.74, 6) is 0. The zero-order chi connectivity index (χ0) is 17.0. The number of aromatic amines is 1. The second-order valence-electron chi connectivity index (χ2n) is 4.80. The molecule has 1 fully saturated rings. The molecular formula is C10H12N8O5. The van der Waals surface area contributed by atoms with Gasteiger partial charge in [0.2, 0.25) is 0 Å². The van der Waals surface area contributed by atoms with Crippen molar-refractivity contribution >= 4 is 0 Å². The summed E-state index contributed by atoms with van der Waals surface area (Å²) in [5, 5.41) is 26.9. The highest BCUT2D eigenvalue weighted by Crippen LogP contribution is 2.37. The van der Waals surface area contributed by atoms with Gasteiger partial charge in [0.05, 0.1) is 13.1 Å². The van der Waals surface area contributed by atoms with Crippen LogP contribution in [0.3, 0.4) is 0 Å². The minimum atomic E-state index is -1.70. The number of nitrogens with zero attached hydrogens (tertiary/aromatic N) is 7. The summed E-state index contributed by atoms with van der Waals surface area (Å²) in [6.45, 7) is -0.870. The molecule has 2 heterocycles. The summed E-state index contributed by atoms with van der Waals surface area (Å²) in [5.41, 5.74) is 13.7. The molecular weight excluding hydrogens is 312 g/mol. The second kappa shape index (κ2) is 6.52. The molecule has 13 nitrogen and oxygen atoms in total. The third-order valence-corrected chi connectivity index (χ3v) is 3.44. The van der Waals surface area contributed by atoms with Crippen LogP contribution in [0.25, 0.3) is 20.9 Å². The van der Waals surface area contributed by atoms with Crippen LogP contribution >= 0.6 is 0 Å². The van der Waals surface area contributed by atoms with Crippen molar-refractivity contribution in [2.75, 3.05) is 13.1 Å². The second-order valence-corrected chi connectivity index (χ2v) is 4.80. The van der Waals surface area contributed by atoms with E-state index in [1.165, 1.54) is 0 Å². The standard InChI is InChI=1S/C10H12N8O5/c11-16-13-3-10(4-14-17-12)7(21)6(20)8(23-10)18-2-1-5(19)15-9(18)22/h1-2,6-8,20-21H,3-4H2,(H,15,19,22)/t6-,7+,8-/m1/s1. The highest BCUT2D eigenvalue weighted by atomic mass is 16.6. The number of ether oxygens (including phenoxy) is 1. The van der Waals surface area contributed by atoms with Crippen LogP contribution in [0.4, 0.5) is 0 Å². The molecule has 122 valence electrons. The molecule has 1 aliphatic heterocycles. The van der Waals surface area contributed by atoms with Gasteiger partial charge in [-0.25, -0.2) is 4.79 Å². The summed E-state index contributed by atoms with van der Waals surface area (Å²) < 4.78 is 6.36. The number of hydrogen-bond acceptors (Lipinski definition) is 7. The summed E-state index contributed by atoms with van der Waals surface area (Å²) in [4.78, 5) is 29.9. The number of H-pyrrole nitrogens is 1. The predicted octanol–water partition coefficient (Wildman–Crippen LogP) is -0.853. The first-order valence-electron chi connectivity index (χ1n) is 6.32. The molecule has 1 aromatic rings. The maximum atomic E-state index is 11.8. The fourth-order valence-electron chi connectivity index (χ4n) is 2.31. The monoisotopic (exact) mass is 324 g/mol. The highest BCUT2D eigenvalue weighted by molar-refractivity contribution is 5.04. The van der Waals surface area contributed by atoms with E-state index in [1.807, 2.05) is 4.98 Å². The molecule has 2 rings (SSSR count). The Balaban J connectivity index is 2.44. The van der Waals surface area contributed by atoms with Crippen LogP contribution in [0.5, 0.6) is 0 Å². The van der Waals surface area contributed by atoms with E-state index in [2.05, 4.69) is 20.1 Å². The van der Waals surface area contributed by atoms with Crippen molar-refractivity contribution in [2.45, 2.75) is 24.0 Å². The number of aromatic nitrogens is 2. The fraction of sp³-hybridized carbons (Fsp3) is 0.600. The predicted molar refractivity (Wildman–Crippen MR) is 74.2 cm³/mol. The van der Waals surface area contributed by atoms with Crippen LogP contribution in [-0.4, -0.2) is 50.7 Å². The average Bonchev–Trinajstić information content (AvgIpc) is 2.77. The Morgan fingerprint density at radius 2 is 1.91 bits per heavy atom. The van der Waals surface area contributed by atoms with Gasteiger partial charge < -0.3 is 14.9 Å². The quantitative estimate of drug-likeness (QED) is 0.358. The van der Waals surface area contributed by atoms with Crippen LogP contribution in [0.1, 0.15) is 6.23 Å². The van der Waals surface area contributed by atoms with Gasteiger partial charge in [0.25, 0.3) is 5.56 Å². The minimum Gasteiger partial charge on any atom is -0.387 e. The van der Waals surface area contributed by atoms with Gasteiger partial charge in [-0.1, -0.05) is 10.2 Å². The smallest absolute Gasteiger partial charge is 0.330 e. The van der Waals surface area contributed by atoms with E-state index >= 15 is 0 Å². The van der Waals surface area contributed by atoms with Crippen molar-refractivity contribution in [2.24, 2.45) is 10.2 Å². The number of aliphatic hydroxyl groups is 2. The molecule has 0 aromatic carbocycles. The fourth-order valence-corrected chi connectivity index (χ4v) is 2.31. The Morgan fingerprint density at radius 3 is 2.43 bits per heavy atom. The van der Waals surface area contributed by atoms with E-state index in [0.29, 0.717) is 0 Å². The van der Waals surface area contributed by atoms with Crippen molar-refractivity contribution in [3.8, 4) is 0 Å². The largest absolute Gasteiger partial charge is 0.387 e. The van der Waals surface area contributed by atoms with Crippen LogP contribution in [0, 0.1) is 0 Å². The normalized spacial score (nSPS) is 29.6. The van der Waals surface area contributed by atoms with Gasteiger partial charge in [0.15, 0.2) is 6.23 Å². The SMILES string of the molecule is [N-]=[N+]=NCC1(CN=[N+]=[N-])O[C@@H](n2ccc(=O)[nH]c2=O)[C@H](O)[C@@H]1O. The van der Waals surface area contributed by atoms with Crippen LogP contribution < -0.4 is 11.2 Å². The van der Waals surface area contributed by atoms with Crippen molar-refractivity contribution in [1.82, 2.24) is 9.55 Å². The maximum Gasteiger partial charge on any atom is 0.330 e. The van der Waals surface area contributed by atoms with Gasteiger partial charge in [0, 0.05) is 22.1 Å². The number of nitrogens with one attached hydrogen (secondary N) is 1. The molecule has 0 aliphatic carbocycles. The lowest BCUT2D eigenvalue weighted by Gasteiger charge is -2.28. The molecule has 1 aliphatic rings. The Hall–Kier alpha value is -2.82. The van der Waals surface area contributed by atoms with Gasteiger partial charge in [-0.2, -0.15) is 0 Å². The highest BCUT2D eigenvalue weighted by Gasteiger charge is 2.54. The van der Waals surface area contributed by atoms with Crippen molar-refractivity contribution in [1.29, 1.82) is 0 Å². The lowest BCUT2D eigenvalue weighted by atomic mass is 9.95. The molecule has 23 heavy (non-hydrogen) atoms. The molecule has 0 amide bonds. The number of aliphatic hydroxyl groups excluding tert-OH is 2. The summed E-state index contributed by atoms with van der Waals surface area (Å²) in [6, 6.07) is 1.03. The van der Waals surface area contributed by atoms with E-state index < -0.39 is 48.4 Å². The van der Waals surface area contributed by atoms with Gasteiger partial charge in [-0.3, -0.25) is 14.3 Å². The zero-order valence-electron chi connectivity index (χ0n) is 11.6. The molecule has 3 N–H and O–H groups in total. The molecule has 0 saturated carbocycles. The number of hydrogen-bond donors (Lipinski definition) is 3. The third kappa shape index (κ3) is 3.04. The first-order chi connectivity index (χ1) is 10.9. The first kappa shape index (κ1) is 16.5. The average molecular weight is 324 g/mol. The maximum absolute atomic E-state index is 11.8. The lowest BCUT2D eigenvalue weighted by molar-refractivity contribution is -0.0934. The van der Waals surface area contributed by atoms with Gasteiger partial charge in [0.1, 0.15) is 17.8 Å². The van der Waals surface area contributed by atoms with Gasteiger partial charge >= 0.3 is 5.69 Å². The molecule has 0 unspecified atom stereocenters. The van der Waals surface area contributed by atoms with E-state index in [4.69, 9.17) is 15.8 Å². The van der Waals surface area contributed by atoms with E-state index in [1.54, 1.807) is 0 Å². The Bertz CT molecular complexity index is 769. The molecule has 1 saturated heterocycles. The topological polar surface area (TPSA) is 202 Å².